The second-order valence-corrected chi connectivity index (χ2v) is 4.87. The monoisotopic (exact) mass is 257 g/mol. The Kier molecular flexibility index (Phi) is 4.24. The van der Waals surface area contributed by atoms with Gasteiger partial charge in [0, 0.05) is 0 Å². The van der Waals surface area contributed by atoms with E-state index in [1.165, 1.54) is 13.2 Å². The van der Waals surface area contributed by atoms with Gasteiger partial charge in [0.25, 0.3) is 0 Å². The van der Waals surface area contributed by atoms with E-state index in [0.717, 1.165) is 37.9 Å². The highest BCUT2D eigenvalue weighted by Crippen LogP contribution is 2.30. The molecule has 1 N–H and O–H groups in total. The van der Waals surface area contributed by atoms with Crippen LogP contribution in [0.15, 0.2) is 12.1 Å². The molecule has 17 heavy (non-hydrogen) atoms. The number of methoxy groups -OCH3 is 1. The quantitative estimate of drug-likeness (QED) is 0.899. The second kappa shape index (κ2) is 5.69. The molecule has 0 atom stereocenters. The summed E-state index contributed by atoms with van der Waals surface area (Å²) in [6, 6.07) is 3.36. The molecule has 4 heteroatoms. The first-order valence-corrected chi connectivity index (χ1v) is 6.31. The van der Waals surface area contributed by atoms with Crippen LogP contribution in [0, 0.1) is 11.7 Å². The van der Waals surface area contributed by atoms with Gasteiger partial charge < -0.3 is 10.1 Å². The van der Waals surface area contributed by atoms with E-state index in [0.29, 0.717) is 11.7 Å². The van der Waals surface area contributed by atoms with Gasteiger partial charge in [0.05, 0.1) is 7.11 Å². The molecule has 1 aromatic carbocycles. The molecule has 94 valence electrons. The van der Waals surface area contributed by atoms with Crippen molar-refractivity contribution < 1.29 is 9.13 Å². The van der Waals surface area contributed by atoms with Crippen LogP contribution in [0.25, 0.3) is 0 Å². The van der Waals surface area contributed by atoms with Crippen molar-refractivity contribution in [1.82, 2.24) is 5.32 Å². The third-order valence-electron chi connectivity index (χ3n) is 3.26. The van der Waals surface area contributed by atoms with E-state index in [9.17, 15) is 4.39 Å². The number of benzene rings is 1. The van der Waals surface area contributed by atoms with Crippen LogP contribution in [-0.2, 0) is 6.42 Å². The van der Waals surface area contributed by atoms with Crippen molar-refractivity contribution in [2.24, 2.45) is 5.92 Å². The highest BCUT2D eigenvalue weighted by molar-refractivity contribution is 6.32. The van der Waals surface area contributed by atoms with E-state index >= 15 is 0 Å². The van der Waals surface area contributed by atoms with Gasteiger partial charge in [0.2, 0.25) is 0 Å². The second-order valence-electron chi connectivity index (χ2n) is 4.49. The molecule has 1 saturated heterocycles. The fraction of sp³-hybridized carbons (Fsp3) is 0.538. The number of nitrogens with one attached hydrogen (secondary N) is 1. The highest BCUT2D eigenvalue weighted by atomic mass is 35.5. The fourth-order valence-electron chi connectivity index (χ4n) is 2.30. The lowest BCUT2D eigenvalue weighted by atomic mass is 9.91. The third kappa shape index (κ3) is 3.11. The molecule has 0 spiro atoms. The Bertz CT molecular complexity index is 391. The van der Waals surface area contributed by atoms with Gasteiger partial charge in [-0.25, -0.2) is 4.39 Å². The Labute approximate surface area is 106 Å². The number of halogens is 2. The van der Waals surface area contributed by atoms with Gasteiger partial charge in [0.1, 0.15) is 16.6 Å². The van der Waals surface area contributed by atoms with E-state index < -0.39 is 5.82 Å². The molecule has 0 amide bonds. The van der Waals surface area contributed by atoms with E-state index in [1.807, 2.05) is 6.07 Å². The van der Waals surface area contributed by atoms with Crippen molar-refractivity contribution in [1.29, 1.82) is 0 Å². The van der Waals surface area contributed by atoms with Gasteiger partial charge >= 0.3 is 0 Å². The molecule has 0 aliphatic carbocycles. The van der Waals surface area contributed by atoms with Crippen LogP contribution in [-0.4, -0.2) is 20.2 Å². The van der Waals surface area contributed by atoms with Gasteiger partial charge in [-0.05, 0) is 56.0 Å². The number of rotatable bonds is 3. The maximum Gasteiger partial charge on any atom is 0.145 e. The normalized spacial score (nSPS) is 17.1. The van der Waals surface area contributed by atoms with Crippen molar-refractivity contribution in [3.8, 4) is 5.75 Å². The molecule has 2 nitrogen and oxygen atoms in total. The first-order valence-electron chi connectivity index (χ1n) is 5.93. The van der Waals surface area contributed by atoms with Crippen LogP contribution in [0.4, 0.5) is 4.39 Å². The lowest BCUT2D eigenvalue weighted by Gasteiger charge is -2.22. The summed E-state index contributed by atoms with van der Waals surface area (Å²) in [6.07, 6.45) is 3.19. The largest absolute Gasteiger partial charge is 0.495 e. The van der Waals surface area contributed by atoms with Gasteiger partial charge in [0.15, 0.2) is 0 Å². The lowest BCUT2D eigenvalue weighted by molar-refractivity contribution is 0.370. The minimum atomic E-state index is -0.394. The number of hydrogen-bond donors (Lipinski definition) is 1. The molecule has 0 bridgehead atoms. The Morgan fingerprint density at radius 3 is 2.76 bits per heavy atom. The average Bonchev–Trinajstić information content (AvgIpc) is 2.35. The van der Waals surface area contributed by atoms with Gasteiger partial charge in [-0.15, -0.1) is 0 Å². The van der Waals surface area contributed by atoms with Crippen molar-refractivity contribution >= 4 is 11.6 Å². The molecule has 1 fully saturated rings. The van der Waals surface area contributed by atoms with Crippen molar-refractivity contribution in [2.75, 3.05) is 20.2 Å². The van der Waals surface area contributed by atoms with Crippen LogP contribution < -0.4 is 10.1 Å². The number of piperidine rings is 1. The molecule has 1 aliphatic rings. The van der Waals surface area contributed by atoms with Crippen LogP contribution in [0.3, 0.4) is 0 Å². The van der Waals surface area contributed by atoms with E-state index in [4.69, 9.17) is 16.3 Å². The maximum atomic E-state index is 13.6. The molecular formula is C13H17ClFNO. The molecular weight excluding hydrogens is 241 g/mol. The minimum absolute atomic E-state index is 0.0709. The van der Waals surface area contributed by atoms with E-state index in [1.54, 1.807) is 0 Å². The van der Waals surface area contributed by atoms with Crippen molar-refractivity contribution in [3.05, 3.63) is 28.5 Å². The zero-order valence-corrected chi connectivity index (χ0v) is 10.7. The standard InChI is InChI=1S/C13H17ClFNO/c1-17-12-8-10(7-11(15)13(12)14)6-9-2-4-16-5-3-9/h7-9,16H,2-6H2,1H3. The van der Waals surface area contributed by atoms with Crippen LogP contribution >= 0.6 is 11.6 Å². The summed E-state index contributed by atoms with van der Waals surface area (Å²) in [5.74, 6) is 0.659. The zero-order valence-electron chi connectivity index (χ0n) is 9.93. The Hall–Kier alpha value is -0.800. The Morgan fingerprint density at radius 1 is 1.41 bits per heavy atom. The number of ether oxygens (including phenoxy) is 1. The molecule has 0 unspecified atom stereocenters. The predicted octanol–water partition coefficient (Wildman–Crippen LogP) is 3.03. The average molecular weight is 258 g/mol. The SMILES string of the molecule is COc1cc(CC2CCNCC2)cc(F)c1Cl. The maximum absolute atomic E-state index is 13.6. The van der Waals surface area contributed by atoms with Crippen LogP contribution in [0.5, 0.6) is 5.75 Å². The van der Waals surface area contributed by atoms with Gasteiger partial charge in [-0.2, -0.15) is 0 Å². The smallest absolute Gasteiger partial charge is 0.145 e. The molecule has 1 aliphatic heterocycles. The predicted molar refractivity (Wildman–Crippen MR) is 67.3 cm³/mol. The highest BCUT2D eigenvalue weighted by Gasteiger charge is 2.16. The molecule has 0 radical (unpaired) electrons. The van der Waals surface area contributed by atoms with Gasteiger partial charge in [-0.3, -0.25) is 0 Å². The minimum Gasteiger partial charge on any atom is -0.495 e. The Morgan fingerprint density at radius 2 is 2.12 bits per heavy atom. The Balaban J connectivity index is 2.12. The summed E-state index contributed by atoms with van der Waals surface area (Å²) >= 11 is 5.80. The fourth-order valence-corrected chi connectivity index (χ4v) is 2.49. The molecule has 1 aromatic rings. The first-order chi connectivity index (χ1) is 8.20. The summed E-state index contributed by atoms with van der Waals surface area (Å²) in [6.45, 7) is 2.11. The summed E-state index contributed by atoms with van der Waals surface area (Å²) < 4.78 is 18.6. The first kappa shape index (κ1) is 12.7. The van der Waals surface area contributed by atoms with E-state index in [-0.39, 0.29) is 5.02 Å². The van der Waals surface area contributed by atoms with Crippen LogP contribution in [0.2, 0.25) is 5.02 Å². The van der Waals surface area contributed by atoms with Gasteiger partial charge in [-0.1, -0.05) is 11.6 Å². The summed E-state index contributed by atoms with van der Waals surface area (Å²) in [7, 11) is 1.51. The molecule has 2 rings (SSSR count). The lowest BCUT2D eigenvalue weighted by Crippen LogP contribution is -2.28. The third-order valence-corrected chi connectivity index (χ3v) is 3.62. The summed E-state index contributed by atoms with van der Waals surface area (Å²) in [5, 5.41) is 3.39. The summed E-state index contributed by atoms with van der Waals surface area (Å²) in [4.78, 5) is 0. The van der Waals surface area contributed by atoms with E-state index in [2.05, 4.69) is 5.32 Å². The van der Waals surface area contributed by atoms with Crippen LogP contribution in [0.1, 0.15) is 18.4 Å². The number of hydrogen-bond acceptors (Lipinski definition) is 2. The van der Waals surface area contributed by atoms with Crippen molar-refractivity contribution in [3.63, 3.8) is 0 Å². The molecule has 0 saturated carbocycles. The summed E-state index contributed by atoms with van der Waals surface area (Å²) in [5.41, 5.74) is 0.968. The topological polar surface area (TPSA) is 21.3 Å². The van der Waals surface area contributed by atoms with Crippen molar-refractivity contribution in [2.45, 2.75) is 19.3 Å². The molecule has 1 heterocycles. The zero-order chi connectivity index (χ0) is 12.3. The molecule has 0 aromatic heterocycles.